The Morgan fingerprint density at radius 1 is 0.838 bits per heavy atom. The van der Waals surface area contributed by atoms with Crippen LogP contribution in [0.3, 0.4) is 0 Å². The zero-order valence-electron chi connectivity index (χ0n) is 20.1. The van der Waals surface area contributed by atoms with Crippen molar-refractivity contribution in [1.82, 2.24) is 0 Å². The van der Waals surface area contributed by atoms with Gasteiger partial charge >= 0.3 is 0 Å². The molecule has 1 amide bonds. The molecule has 0 bridgehead atoms. The average molecular weight is 533 g/mol. The summed E-state index contributed by atoms with van der Waals surface area (Å²) in [5.74, 6) is -0.925. The summed E-state index contributed by atoms with van der Waals surface area (Å²) in [5, 5.41) is 3.05. The van der Waals surface area contributed by atoms with Crippen LogP contribution in [0.5, 0.6) is 0 Å². The summed E-state index contributed by atoms with van der Waals surface area (Å²) in [6.07, 6.45) is 0.793. The third kappa shape index (κ3) is 6.07. The van der Waals surface area contributed by atoms with Crippen molar-refractivity contribution in [3.63, 3.8) is 0 Å². The molecule has 0 atom stereocenters. The van der Waals surface area contributed by atoms with Gasteiger partial charge in [-0.2, -0.15) is 0 Å². The molecule has 1 N–H and O–H groups in total. The number of halogens is 1. The molecule has 188 valence electrons. The van der Waals surface area contributed by atoms with E-state index in [2.05, 4.69) is 5.32 Å². The quantitative estimate of drug-likeness (QED) is 0.269. The topological polar surface area (TPSA) is 83.6 Å². The highest BCUT2D eigenvalue weighted by Crippen LogP contribution is 2.26. The van der Waals surface area contributed by atoms with E-state index in [-0.39, 0.29) is 21.9 Å². The van der Waals surface area contributed by atoms with Crippen molar-refractivity contribution < 1.29 is 18.0 Å². The maximum absolute atomic E-state index is 13.6. The molecule has 0 aromatic heterocycles. The maximum Gasteiger partial charge on any atom is 0.264 e. The van der Waals surface area contributed by atoms with Crippen molar-refractivity contribution in [2.45, 2.75) is 18.2 Å². The van der Waals surface area contributed by atoms with Gasteiger partial charge < -0.3 is 5.32 Å². The van der Waals surface area contributed by atoms with E-state index >= 15 is 0 Å². The first kappa shape index (κ1) is 26.1. The Kier molecular flexibility index (Phi) is 8.06. The van der Waals surface area contributed by atoms with Gasteiger partial charge in [-0.3, -0.25) is 13.9 Å². The summed E-state index contributed by atoms with van der Waals surface area (Å²) in [7, 11) is -4.05. The van der Waals surface area contributed by atoms with E-state index in [1.807, 2.05) is 19.1 Å². The number of sulfonamides is 1. The van der Waals surface area contributed by atoms with E-state index in [1.54, 1.807) is 66.7 Å². The summed E-state index contributed by atoms with van der Waals surface area (Å²) in [4.78, 5) is 26.4. The van der Waals surface area contributed by atoms with Crippen LogP contribution in [-0.4, -0.2) is 26.7 Å². The summed E-state index contributed by atoms with van der Waals surface area (Å²) in [5.41, 5.74) is 2.27. The average Bonchev–Trinajstić information content (AvgIpc) is 2.93. The number of rotatable bonds is 9. The minimum atomic E-state index is -4.05. The van der Waals surface area contributed by atoms with Gasteiger partial charge in [0.15, 0.2) is 5.78 Å². The second-order valence-corrected chi connectivity index (χ2v) is 10.6. The van der Waals surface area contributed by atoms with E-state index < -0.39 is 22.5 Å². The van der Waals surface area contributed by atoms with Crippen molar-refractivity contribution in [3.05, 3.63) is 125 Å². The van der Waals surface area contributed by atoms with E-state index in [1.165, 1.54) is 24.3 Å². The molecule has 37 heavy (non-hydrogen) atoms. The summed E-state index contributed by atoms with van der Waals surface area (Å²) >= 11 is 6.15. The van der Waals surface area contributed by atoms with Crippen LogP contribution in [0.1, 0.15) is 28.4 Å². The highest BCUT2D eigenvalue weighted by atomic mass is 35.5. The molecule has 0 fully saturated rings. The zero-order valence-corrected chi connectivity index (χ0v) is 21.7. The van der Waals surface area contributed by atoms with Crippen molar-refractivity contribution in [2.24, 2.45) is 0 Å². The predicted octanol–water partition coefficient (Wildman–Crippen LogP) is 5.97. The minimum Gasteiger partial charge on any atom is -0.324 e. The fourth-order valence-electron chi connectivity index (χ4n) is 3.81. The van der Waals surface area contributed by atoms with Crippen LogP contribution in [-0.2, 0) is 21.2 Å². The first-order valence-electron chi connectivity index (χ1n) is 11.7. The first-order valence-corrected chi connectivity index (χ1v) is 13.5. The van der Waals surface area contributed by atoms with Crippen molar-refractivity contribution in [2.75, 3.05) is 16.2 Å². The molecule has 6 nitrogen and oxygen atoms in total. The van der Waals surface area contributed by atoms with Gasteiger partial charge in [0.1, 0.15) is 6.54 Å². The lowest BCUT2D eigenvalue weighted by atomic mass is 10.0. The second-order valence-electron chi connectivity index (χ2n) is 8.28. The molecule has 8 heteroatoms. The number of carbonyl (C=O) groups is 2. The fourth-order valence-corrected chi connectivity index (χ4v) is 5.43. The smallest absolute Gasteiger partial charge is 0.264 e. The molecule has 4 aromatic carbocycles. The maximum atomic E-state index is 13.6. The fraction of sp³-hybridized carbons (Fsp3) is 0.103. The van der Waals surface area contributed by atoms with Crippen molar-refractivity contribution in [1.29, 1.82) is 0 Å². The Hall–Kier alpha value is -3.94. The monoisotopic (exact) mass is 532 g/mol. The molecule has 0 aliphatic heterocycles. The Morgan fingerprint density at radius 2 is 1.46 bits per heavy atom. The van der Waals surface area contributed by atoms with Gasteiger partial charge in [-0.15, -0.1) is 0 Å². The van der Waals surface area contributed by atoms with Crippen LogP contribution in [0.4, 0.5) is 11.4 Å². The number of ketones is 1. The van der Waals surface area contributed by atoms with Gasteiger partial charge in [0.2, 0.25) is 5.91 Å². The van der Waals surface area contributed by atoms with E-state index in [9.17, 15) is 18.0 Å². The number of benzene rings is 4. The number of aryl methyl sites for hydroxylation is 1. The van der Waals surface area contributed by atoms with Gasteiger partial charge in [-0.25, -0.2) is 8.42 Å². The molecule has 0 saturated carbocycles. The van der Waals surface area contributed by atoms with Gasteiger partial charge in [-0.05, 0) is 54.4 Å². The molecule has 0 aliphatic carbocycles. The van der Waals surface area contributed by atoms with Crippen molar-refractivity contribution >= 4 is 44.7 Å². The Morgan fingerprint density at radius 3 is 2.08 bits per heavy atom. The number of nitrogens with zero attached hydrogens (tertiary/aromatic N) is 1. The number of nitrogens with one attached hydrogen (secondary N) is 1. The molecule has 0 heterocycles. The SMILES string of the molecule is CCc1ccc(N(CC(=O)Nc2ccc(Cl)cc2C(=O)c2ccccc2)S(=O)(=O)c2ccccc2)cc1. The summed E-state index contributed by atoms with van der Waals surface area (Å²) in [6, 6.07) is 28.1. The Balaban J connectivity index is 1.66. The van der Waals surface area contributed by atoms with E-state index in [0.717, 1.165) is 16.3 Å². The van der Waals surface area contributed by atoms with Gasteiger partial charge in [0, 0.05) is 16.1 Å². The number of carbonyl (C=O) groups excluding carboxylic acids is 2. The summed E-state index contributed by atoms with van der Waals surface area (Å²) < 4.78 is 28.2. The normalized spacial score (nSPS) is 11.1. The highest BCUT2D eigenvalue weighted by Gasteiger charge is 2.27. The molecular weight excluding hydrogens is 508 g/mol. The number of hydrogen-bond acceptors (Lipinski definition) is 4. The first-order chi connectivity index (χ1) is 17.8. The number of amides is 1. The van der Waals surface area contributed by atoms with E-state index in [0.29, 0.717) is 16.3 Å². The Bertz CT molecular complexity index is 1510. The third-order valence-electron chi connectivity index (χ3n) is 5.79. The van der Waals surface area contributed by atoms with Crippen LogP contribution in [0.15, 0.2) is 108 Å². The standard InChI is InChI=1S/C29H25ClN2O4S/c1-2-21-13-16-24(17-14-21)32(37(35,36)25-11-7-4-8-12-25)20-28(33)31-27-18-15-23(30)19-26(27)29(34)22-9-5-3-6-10-22/h3-19H,2,20H2,1H3,(H,31,33). The van der Waals surface area contributed by atoms with Crippen LogP contribution >= 0.6 is 11.6 Å². The molecule has 0 saturated heterocycles. The van der Waals surface area contributed by atoms with Crippen LogP contribution < -0.4 is 9.62 Å². The molecule has 4 rings (SSSR count). The number of anilines is 2. The Labute approximate surface area is 221 Å². The number of hydrogen-bond donors (Lipinski definition) is 1. The lowest BCUT2D eigenvalue weighted by Crippen LogP contribution is -2.38. The lowest BCUT2D eigenvalue weighted by Gasteiger charge is -2.24. The van der Waals surface area contributed by atoms with Crippen LogP contribution in [0.2, 0.25) is 5.02 Å². The second kappa shape index (κ2) is 11.4. The lowest BCUT2D eigenvalue weighted by molar-refractivity contribution is -0.114. The van der Waals surface area contributed by atoms with Crippen molar-refractivity contribution in [3.8, 4) is 0 Å². The van der Waals surface area contributed by atoms with E-state index in [4.69, 9.17) is 11.6 Å². The van der Waals surface area contributed by atoms with Gasteiger partial charge in [0.25, 0.3) is 10.0 Å². The zero-order chi connectivity index (χ0) is 26.4. The van der Waals surface area contributed by atoms with Gasteiger partial charge in [0.05, 0.1) is 16.3 Å². The highest BCUT2D eigenvalue weighted by molar-refractivity contribution is 7.92. The molecule has 4 aromatic rings. The molecular formula is C29H25ClN2O4S. The van der Waals surface area contributed by atoms with Gasteiger partial charge in [-0.1, -0.05) is 79.2 Å². The summed E-state index contributed by atoms with van der Waals surface area (Å²) in [6.45, 7) is 1.51. The van der Waals surface area contributed by atoms with Crippen LogP contribution in [0, 0.1) is 0 Å². The van der Waals surface area contributed by atoms with Crippen LogP contribution in [0.25, 0.3) is 0 Å². The predicted molar refractivity (Wildman–Crippen MR) is 147 cm³/mol. The molecule has 0 spiro atoms. The molecule has 0 radical (unpaired) electrons. The third-order valence-corrected chi connectivity index (χ3v) is 7.81. The minimum absolute atomic E-state index is 0.0637. The molecule has 0 aliphatic rings. The largest absolute Gasteiger partial charge is 0.324 e. The molecule has 0 unspecified atom stereocenters.